The average Bonchev–Trinajstić information content (AvgIpc) is 3.06. The summed E-state index contributed by atoms with van der Waals surface area (Å²) in [6, 6.07) is 9.16. The third-order valence-corrected chi connectivity index (χ3v) is 6.11. The SMILES string of the molecule is CCN(C(=O)Cc1cc(OC)c(OC)cc1Br)c1nc2cc(Cl)ccc2s1. The van der Waals surface area contributed by atoms with Gasteiger partial charge in [0.25, 0.3) is 0 Å². The van der Waals surface area contributed by atoms with Crippen molar-refractivity contribution in [2.24, 2.45) is 0 Å². The van der Waals surface area contributed by atoms with Crippen molar-refractivity contribution in [1.82, 2.24) is 4.98 Å². The number of fused-ring (bicyclic) bond motifs is 1. The zero-order valence-corrected chi connectivity index (χ0v) is 18.2. The van der Waals surface area contributed by atoms with E-state index in [9.17, 15) is 4.79 Å². The molecule has 5 nitrogen and oxygen atoms in total. The highest BCUT2D eigenvalue weighted by molar-refractivity contribution is 9.10. The smallest absolute Gasteiger partial charge is 0.233 e. The second-order valence-corrected chi connectivity index (χ2v) is 8.02. The topological polar surface area (TPSA) is 51.7 Å². The highest BCUT2D eigenvalue weighted by Crippen LogP contribution is 2.35. The molecule has 0 unspecified atom stereocenters. The van der Waals surface area contributed by atoms with Crippen molar-refractivity contribution >= 4 is 60.1 Å². The molecule has 0 aliphatic heterocycles. The Morgan fingerprint density at radius 3 is 2.59 bits per heavy atom. The number of thiazole rings is 1. The highest BCUT2D eigenvalue weighted by atomic mass is 79.9. The fourth-order valence-electron chi connectivity index (χ4n) is 2.71. The number of carbonyl (C=O) groups is 1. The fraction of sp³-hybridized carbons (Fsp3) is 0.263. The summed E-state index contributed by atoms with van der Waals surface area (Å²) in [5, 5.41) is 1.29. The van der Waals surface area contributed by atoms with Crippen LogP contribution >= 0.6 is 38.9 Å². The number of nitrogens with zero attached hydrogens (tertiary/aromatic N) is 2. The van der Waals surface area contributed by atoms with Crippen LogP contribution in [0.15, 0.2) is 34.8 Å². The summed E-state index contributed by atoms with van der Waals surface area (Å²) < 4.78 is 12.4. The molecule has 27 heavy (non-hydrogen) atoms. The van der Waals surface area contributed by atoms with Gasteiger partial charge in [0.15, 0.2) is 16.6 Å². The molecule has 0 atom stereocenters. The second-order valence-electron chi connectivity index (χ2n) is 5.72. The Kier molecular flexibility index (Phi) is 6.24. The Balaban J connectivity index is 1.89. The number of carbonyl (C=O) groups excluding carboxylic acids is 1. The fourth-order valence-corrected chi connectivity index (χ4v) is 4.37. The lowest BCUT2D eigenvalue weighted by Gasteiger charge is -2.18. The number of benzene rings is 2. The van der Waals surface area contributed by atoms with Gasteiger partial charge in [-0.25, -0.2) is 4.98 Å². The van der Waals surface area contributed by atoms with Gasteiger partial charge in [0.1, 0.15) is 0 Å². The Labute approximate surface area is 175 Å². The van der Waals surface area contributed by atoms with Crippen molar-refractivity contribution in [1.29, 1.82) is 0 Å². The molecule has 1 heterocycles. The zero-order chi connectivity index (χ0) is 19.6. The third-order valence-electron chi connectivity index (χ3n) is 4.08. The normalized spacial score (nSPS) is 10.9. The molecular formula is C19H18BrClN2O3S. The van der Waals surface area contributed by atoms with Gasteiger partial charge in [-0.1, -0.05) is 38.9 Å². The number of ether oxygens (including phenoxy) is 2. The molecule has 0 aliphatic rings. The summed E-state index contributed by atoms with van der Waals surface area (Å²) in [5.74, 6) is 1.15. The molecule has 0 radical (unpaired) electrons. The van der Waals surface area contributed by atoms with Gasteiger partial charge in [-0.3, -0.25) is 9.69 Å². The summed E-state index contributed by atoms with van der Waals surface area (Å²) in [6.45, 7) is 2.46. The molecule has 1 amide bonds. The number of likely N-dealkylation sites (N-methyl/N-ethyl adjacent to an activating group) is 1. The molecule has 0 saturated heterocycles. The number of amides is 1. The van der Waals surface area contributed by atoms with Crippen LogP contribution in [-0.2, 0) is 11.2 Å². The maximum atomic E-state index is 13.0. The van der Waals surface area contributed by atoms with Crippen LogP contribution in [0.4, 0.5) is 5.13 Å². The standard InChI is InChI=1S/C19H18BrClN2O3S/c1-4-23(19-22-14-9-12(21)5-6-17(14)27-19)18(24)8-11-7-15(25-2)16(26-3)10-13(11)20/h5-7,9-10H,4,8H2,1-3H3. The molecule has 0 fully saturated rings. The van der Waals surface area contributed by atoms with Crippen LogP contribution in [0, 0.1) is 0 Å². The second kappa shape index (κ2) is 8.46. The van der Waals surface area contributed by atoms with Gasteiger partial charge in [0, 0.05) is 16.0 Å². The van der Waals surface area contributed by atoms with E-state index in [-0.39, 0.29) is 12.3 Å². The predicted molar refractivity (Wildman–Crippen MR) is 114 cm³/mol. The molecule has 8 heteroatoms. The highest BCUT2D eigenvalue weighted by Gasteiger charge is 2.20. The largest absolute Gasteiger partial charge is 0.493 e. The van der Waals surface area contributed by atoms with Crippen molar-refractivity contribution in [3.8, 4) is 11.5 Å². The first kappa shape index (κ1) is 19.9. The van der Waals surface area contributed by atoms with Gasteiger partial charge in [-0.15, -0.1) is 0 Å². The first-order valence-corrected chi connectivity index (χ1v) is 10.2. The van der Waals surface area contributed by atoms with Gasteiger partial charge in [0.2, 0.25) is 5.91 Å². The summed E-state index contributed by atoms with van der Waals surface area (Å²) >= 11 is 11.0. The maximum absolute atomic E-state index is 13.0. The monoisotopic (exact) mass is 468 g/mol. The van der Waals surface area contributed by atoms with Crippen LogP contribution in [0.2, 0.25) is 5.02 Å². The molecular weight excluding hydrogens is 452 g/mol. The van der Waals surface area contributed by atoms with Crippen molar-refractivity contribution in [3.05, 3.63) is 45.4 Å². The minimum atomic E-state index is -0.0458. The number of aromatic nitrogens is 1. The van der Waals surface area contributed by atoms with Crippen LogP contribution in [0.1, 0.15) is 12.5 Å². The lowest BCUT2D eigenvalue weighted by atomic mass is 10.1. The van der Waals surface area contributed by atoms with E-state index in [1.165, 1.54) is 11.3 Å². The minimum absolute atomic E-state index is 0.0458. The molecule has 1 aromatic heterocycles. The van der Waals surface area contributed by atoms with Gasteiger partial charge in [-0.05, 0) is 42.8 Å². The number of hydrogen-bond donors (Lipinski definition) is 0. The van der Waals surface area contributed by atoms with Crippen LogP contribution < -0.4 is 14.4 Å². The minimum Gasteiger partial charge on any atom is -0.493 e. The number of anilines is 1. The van der Waals surface area contributed by atoms with Gasteiger partial charge in [-0.2, -0.15) is 0 Å². The van der Waals surface area contributed by atoms with Crippen molar-refractivity contribution < 1.29 is 14.3 Å². The van der Waals surface area contributed by atoms with E-state index in [4.69, 9.17) is 21.1 Å². The maximum Gasteiger partial charge on any atom is 0.233 e. The molecule has 0 spiro atoms. The molecule has 3 aromatic rings. The Morgan fingerprint density at radius 2 is 1.93 bits per heavy atom. The van der Waals surface area contributed by atoms with E-state index >= 15 is 0 Å². The predicted octanol–water partition coefficient (Wildman–Crippen LogP) is 5.33. The Morgan fingerprint density at radius 1 is 1.22 bits per heavy atom. The van der Waals surface area contributed by atoms with E-state index in [1.54, 1.807) is 31.3 Å². The molecule has 0 bridgehead atoms. The van der Waals surface area contributed by atoms with Crippen molar-refractivity contribution in [2.45, 2.75) is 13.3 Å². The number of methoxy groups -OCH3 is 2. The van der Waals surface area contributed by atoms with E-state index in [0.717, 1.165) is 20.3 Å². The first-order chi connectivity index (χ1) is 13.0. The summed E-state index contributed by atoms with van der Waals surface area (Å²) in [6.07, 6.45) is 0.214. The molecule has 0 aliphatic carbocycles. The summed E-state index contributed by atoms with van der Waals surface area (Å²) in [5.41, 5.74) is 1.61. The number of halogens is 2. The van der Waals surface area contributed by atoms with Crippen molar-refractivity contribution in [2.75, 3.05) is 25.7 Å². The van der Waals surface area contributed by atoms with Gasteiger partial charge < -0.3 is 9.47 Å². The van der Waals surface area contributed by atoms with Gasteiger partial charge in [0.05, 0.1) is 30.9 Å². The Bertz CT molecular complexity index is 992. The van der Waals surface area contributed by atoms with E-state index in [2.05, 4.69) is 20.9 Å². The third kappa shape index (κ3) is 4.20. The van der Waals surface area contributed by atoms with E-state index < -0.39 is 0 Å². The summed E-state index contributed by atoms with van der Waals surface area (Å²) in [7, 11) is 3.15. The summed E-state index contributed by atoms with van der Waals surface area (Å²) in [4.78, 5) is 19.2. The zero-order valence-electron chi connectivity index (χ0n) is 15.1. The van der Waals surface area contributed by atoms with Crippen molar-refractivity contribution in [3.63, 3.8) is 0 Å². The van der Waals surface area contributed by atoms with E-state index in [0.29, 0.717) is 28.2 Å². The molecule has 142 valence electrons. The van der Waals surface area contributed by atoms with E-state index in [1.807, 2.05) is 25.1 Å². The van der Waals surface area contributed by atoms with Crippen LogP contribution in [0.3, 0.4) is 0 Å². The number of rotatable bonds is 6. The lowest BCUT2D eigenvalue weighted by molar-refractivity contribution is -0.117. The van der Waals surface area contributed by atoms with Crippen LogP contribution in [0.25, 0.3) is 10.2 Å². The molecule has 0 N–H and O–H groups in total. The van der Waals surface area contributed by atoms with Crippen LogP contribution in [-0.4, -0.2) is 31.7 Å². The lowest BCUT2D eigenvalue weighted by Crippen LogP contribution is -2.32. The quantitative estimate of drug-likeness (QED) is 0.490. The Hall–Kier alpha value is -1.83. The van der Waals surface area contributed by atoms with Crippen LogP contribution in [0.5, 0.6) is 11.5 Å². The molecule has 3 rings (SSSR count). The number of hydrogen-bond acceptors (Lipinski definition) is 5. The first-order valence-electron chi connectivity index (χ1n) is 8.23. The van der Waals surface area contributed by atoms with Gasteiger partial charge >= 0.3 is 0 Å². The molecule has 0 saturated carbocycles. The molecule has 2 aromatic carbocycles. The average molecular weight is 470 g/mol.